The number of nitrogens with zero attached hydrogens (tertiary/aromatic N) is 1. The van der Waals surface area contributed by atoms with Crippen molar-refractivity contribution in [2.24, 2.45) is 17.8 Å². The van der Waals surface area contributed by atoms with Crippen LogP contribution in [-0.2, 0) is 25.6 Å². The van der Waals surface area contributed by atoms with Crippen LogP contribution in [-0.4, -0.2) is 46.9 Å². The van der Waals surface area contributed by atoms with E-state index in [0.717, 1.165) is 12.8 Å². The SMILES string of the molecule is Cc1cc(C(=O)N[C@@H](Cc2ccc(F)cc2)C(=O)C[C@@H](CC(C)C)C(=O)N[C@H](C=O)C[C@@H]2CCCCC2=O)no1. The monoisotopic (exact) mass is 555 g/mol. The lowest BCUT2D eigenvalue weighted by atomic mass is 9.83. The van der Waals surface area contributed by atoms with Gasteiger partial charge in [0.05, 0.1) is 12.1 Å². The highest BCUT2D eigenvalue weighted by molar-refractivity contribution is 5.97. The summed E-state index contributed by atoms with van der Waals surface area (Å²) in [6.45, 7) is 5.48. The Morgan fingerprint density at radius 1 is 1.15 bits per heavy atom. The van der Waals surface area contributed by atoms with Crippen LogP contribution in [0.25, 0.3) is 0 Å². The molecule has 2 aromatic rings. The molecular formula is C30H38FN3O6. The number of ketones is 2. The van der Waals surface area contributed by atoms with E-state index in [1.165, 1.54) is 30.3 Å². The quantitative estimate of drug-likeness (QED) is 0.337. The molecule has 1 aliphatic rings. The van der Waals surface area contributed by atoms with Gasteiger partial charge < -0.3 is 20.0 Å². The molecule has 1 aliphatic carbocycles. The maximum atomic E-state index is 13.6. The lowest BCUT2D eigenvalue weighted by molar-refractivity contribution is -0.132. The Labute approximate surface area is 233 Å². The van der Waals surface area contributed by atoms with Crippen LogP contribution in [0.2, 0.25) is 0 Å². The zero-order chi connectivity index (χ0) is 29.2. The second-order valence-electron chi connectivity index (χ2n) is 11.1. The van der Waals surface area contributed by atoms with Gasteiger partial charge in [0.1, 0.15) is 23.6 Å². The number of carbonyl (C=O) groups is 5. The van der Waals surface area contributed by atoms with Crippen molar-refractivity contribution in [3.05, 3.63) is 53.2 Å². The predicted molar refractivity (Wildman–Crippen MR) is 145 cm³/mol. The number of carbonyl (C=O) groups excluding carboxylic acids is 5. The van der Waals surface area contributed by atoms with Crippen LogP contribution < -0.4 is 10.6 Å². The zero-order valence-electron chi connectivity index (χ0n) is 23.3. The van der Waals surface area contributed by atoms with Crippen molar-refractivity contribution in [3.8, 4) is 0 Å². The highest BCUT2D eigenvalue weighted by Crippen LogP contribution is 2.25. The molecule has 2 amide bonds. The first-order chi connectivity index (χ1) is 19.0. The van der Waals surface area contributed by atoms with Crippen LogP contribution in [0.1, 0.15) is 80.6 Å². The van der Waals surface area contributed by atoms with Gasteiger partial charge in [0, 0.05) is 30.7 Å². The van der Waals surface area contributed by atoms with E-state index in [-0.39, 0.29) is 48.4 Å². The smallest absolute Gasteiger partial charge is 0.274 e. The van der Waals surface area contributed by atoms with Crippen molar-refractivity contribution < 1.29 is 32.9 Å². The van der Waals surface area contributed by atoms with Gasteiger partial charge in [0.2, 0.25) is 5.91 Å². The first-order valence-electron chi connectivity index (χ1n) is 13.9. The van der Waals surface area contributed by atoms with Gasteiger partial charge >= 0.3 is 0 Å². The Balaban J connectivity index is 1.74. The van der Waals surface area contributed by atoms with E-state index in [4.69, 9.17) is 4.52 Å². The Hall–Kier alpha value is -3.69. The third-order valence-corrected chi connectivity index (χ3v) is 7.19. The summed E-state index contributed by atoms with van der Waals surface area (Å²) in [5.41, 5.74) is 0.636. The Bertz CT molecular complexity index is 1190. The molecule has 10 heteroatoms. The van der Waals surface area contributed by atoms with E-state index in [2.05, 4.69) is 15.8 Å². The lowest BCUT2D eigenvalue weighted by Gasteiger charge is -2.26. The molecule has 9 nitrogen and oxygen atoms in total. The normalized spacial score (nSPS) is 17.6. The minimum atomic E-state index is -1.01. The summed E-state index contributed by atoms with van der Waals surface area (Å²) in [5, 5.41) is 9.14. The van der Waals surface area contributed by atoms with E-state index in [1.807, 2.05) is 13.8 Å². The van der Waals surface area contributed by atoms with Crippen molar-refractivity contribution >= 4 is 29.7 Å². The minimum absolute atomic E-state index is 0.0111. The Kier molecular flexibility index (Phi) is 11.3. The molecule has 216 valence electrons. The molecule has 40 heavy (non-hydrogen) atoms. The maximum absolute atomic E-state index is 13.6. The third-order valence-electron chi connectivity index (χ3n) is 7.19. The third kappa shape index (κ3) is 9.20. The van der Waals surface area contributed by atoms with Crippen molar-refractivity contribution in [2.75, 3.05) is 0 Å². The number of aryl methyl sites for hydroxylation is 1. The average Bonchev–Trinajstić information content (AvgIpc) is 3.36. The van der Waals surface area contributed by atoms with Gasteiger partial charge in [-0.25, -0.2) is 4.39 Å². The molecule has 0 unspecified atom stereocenters. The number of amides is 2. The first kappa shape index (κ1) is 30.8. The number of aldehydes is 1. The number of hydrogen-bond acceptors (Lipinski definition) is 7. The topological polar surface area (TPSA) is 135 Å². The van der Waals surface area contributed by atoms with E-state index in [1.54, 1.807) is 6.92 Å². The van der Waals surface area contributed by atoms with Gasteiger partial charge in [-0.1, -0.05) is 37.6 Å². The minimum Gasteiger partial charge on any atom is -0.361 e. The van der Waals surface area contributed by atoms with Crippen LogP contribution >= 0.6 is 0 Å². The zero-order valence-corrected chi connectivity index (χ0v) is 23.3. The highest BCUT2D eigenvalue weighted by atomic mass is 19.1. The fourth-order valence-corrected chi connectivity index (χ4v) is 5.10. The molecule has 1 saturated carbocycles. The van der Waals surface area contributed by atoms with E-state index >= 15 is 0 Å². The fraction of sp³-hybridized carbons (Fsp3) is 0.533. The molecule has 2 N–H and O–H groups in total. The molecule has 1 fully saturated rings. The largest absolute Gasteiger partial charge is 0.361 e. The molecule has 4 atom stereocenters. The summed E-state index contributed by atoms with van der Waals surface area (Å²) < 4.78 is 18.4. The van der Waals surface area contributed by atoms with E-state index in [9.17, 15) is 28.4 Å². The van der Waals surface area contributed by atoms with Crippen LogP contribution in [0.3, 0.4) is 0 Å². The second-order valence-corrected chi connectivity index (χ2v) is 11.1. The maximum Gasteiger partial charge on any atom is 0.274 e. The van der Waals surface area contributed by atoms with Gasteiger partial charge in [-0.2, -0.15) is 0 Å². The summed E-state index contributed by atoms with van der Waals surface area (Å²) in [7, 11) is 0. The number of benzene rings is 1. The molecule has 0 radical (unpaired) electrons. The van der Waals surface area contributed by atoms with Gasteiger partial charge in [0.25, 0.3) is 5.91 Å². The van der Waals surface area contributed by atoms with Crippen LogP contribution in [0.4, 0.5) is 4.39 Å². The number of hydrogen-bond donors (Lipinski definition) is 2. The van der Waals surface area contributed by atoms with Crippen molar-refractivity contribution in [3.63, 3.8) is 0 Å². The summed E-state index contributed by atoms with van der Waals surface area (Å²) in [4.78, 5) is 63.8. The molecule has 1 aromatic carbocycles. The second kappa shape index (κ2) is 14.6. The molecule has 1 heterocycles. The average molecular weight is 556 g/mol. The molecule has 3 rings (SSSR count). The Morgan fingerprint density at radius 2 is 1.88 bits per heavy atom. The molecule has 0 bridgehead atoms. The molecule has 0 saturated heterocycles. The summed E-state index contributed by atoms with van der Waals surface area (Å²) >= 11 is 0. The van der Waals surface area contributed by atoms with Gasteiger partial charge in [0.15, 0.2) is 11.5 Å². The van der Waals surface area contributed by atoms with Gasteiger partial charge in [-0.15, -0.1) is 0 Å². The number of Topliss-reactive ketones (excluding diaryl/α,β-unsaturated/α-hetero) is 2. The van der Waals surface area contributed by atoms with Crippen molar-refractivity contribution in [2.45, 2.75) is 84.2 Å². The number of rotatable bonds is 14. The molecular weight excluding hydrogens is 517 g/mol. The number of halogens is 1. The summed E-state index contributed by atoms with van der Waals surface area (Å²) in [5.74, 6) is -2.26. The van der Waals surface area contributed by atoms with Crippen LogP contribution in [0.15, 0.2) is 34.9 Å². The van der Waals surface area contributed by atoms with Crippen molar-refractivity contribution in [1.82, 2.24) is 15.8 Å². The summed E-state index contributed by atoms with van der Waals surface area (Å²) in [6, 6.07) is 5.20. The van der Waals surface area contributed by atoms with Gasteiger partial charge in [-0.05, 0) is 62.6 Å². The fourth-order valence-electron chi connectivity index (χ4n) is 5.10. The lowest BCUT2D eigenvalue weighted by Crippen LogP contribution is -2.46. The highest BCUT2D eigenvalue weighted by Gasteiger charge is 2.32. The first-order valence-corrected chi connectivity index (χ1v) is 13.9. The standard InChI is InChI=1S/C30H38FN3O6/c1-18(2)12-22(29(38)32-24(17-35)15-21-6-4-5-7-27(21)36)16-28(37)25(14-20-8-10-23(31)11-9-20)33-30(39)26-13-19(3)40-34-26/h8-11,13,17-18,21-22,24-25H,4-7,12,14-16H2,1-3H3,(H,32,38)(H,33,39)/t21-,22+,24-,25-/m0/s1. The molecule has 0 spiro atoms. The van der Waals surface area contributed by atoms with Gasteiger partial charge in [-0.3, -0.25) is 19.2 Å². The number of aromatic nitrogens is 1. The van der Waals surface area contributed by atoms with E-state index < -0.39 is 35.6 Å². The predicted octanol–water partition coefficient (Wildman–Crippen LogP) is 3.92. The number of nitrogens with one attached hydrogen (secondary N) is 2. The van der Waals surface area contributed by atoms with Crippen LogP contribution in [0, 0.1) is 30.5 Å². The van der Waals surface area contributed by atoms with E-state index in [0.29, 0.717) is 36.9 Å². The Morgan fingerprint density at radius 3 is 2.48 bits per heavy atom. The summed E-state index contributed by atoms with van der Waals surface area (Å²) in [6.07, 6.45) is 4.12. The van der Waals surface area contributed by atoms with Crippen LogP contribution in [0.5, 0.6) is 0 Å². The van der Waals surface area contributed by atoms with Crippen molar-refractivity contribution in [1.29, 1.82) is 0 Å². The molecule has 0 aliphatic heterocycles. The molecule has 1 aromatic heterocycles.